The number of benzene rings is 2. The summed E-state index contributed by atoms with van der Waals surface area (Å²) in [5.74, 6) is -0.0682. The average molecular weight is 398 g/mol. The van der Waals surface area contributed by atoms with Crippen LogP contribution in [0.5, 0.6) is 0 Å². The summed E-state index contributed by atoms with van der Waals surface area (Å²) < 4.78 is 1.69. The second-order valence-electron chi connectivity index (χ2n) is 6.91. The molecule has 1 aromatic heterocycles. The Hall–Kier alpha value is -2.66. The zero-order valence-electron chi connectivity index (χ0n) is 16.1. The smallest absolute Gasteiger partial charge is 0.273 e. The van der Waals surface area contributed by atoms with Crippen LogP contribution < -0.4 is 10.9 Å². The van der Waals surface area contributed by atoms with Gasteiger partial charge >= 0.3 is 0 Å². The van der Waals surface area contributed by atoms with Crippen LogP contribution in [0.4, 0.5) is 0 Å². The third-order valence-electron chi connectivity index (χ3n) is 4.81. The molecule has 0 fully saturated rings. The number of aromatic nitrogens is 2. The zero-order chi connectivity index (χ0) is 20.1. The third kappa shape index (κ3) is 4.60. The molecule has 2 aromatic carbocycles. The first-order valence-corrected chi connectivity index (χ1v) is 9.88. The van der Waals surface area contributed by atoms with Crippen molar-refractivity contribution in [1.29, 1.82) is 0 Å². The van der Waals surface area contributed by atoms with Crippen LogP contribution in [0.25, 0.3) is 11.0 Å². The van der Waals surface area contributed by atoms with Gasteiger partial charge in [0.05, 0.1) is 17.6 Å². The highest BCUT2D eigenvalue weighted by Crippen LogP contribution is 2.18. The van der Waals surface area contributed by atoms with Gasteiger partial charge in [-0.15, -0.1) is 0 Å². The number of rotatable bonds is 7. The molecule has 3 aromatic rings. The van der Waals surface area contributed by atoms with Crippen LogP contribution in [-0.2, 0) is 17.8 Å². The highest BCUT2D eigenvalue weighted by atomic mass is 35.5. The van der Waals surface area contributed by atoms with Crippen molar-refractivity contribution < 1.29 is 4.79 Å². The van der Waals surface area contributed by atoms with E-state index in [1.807, 2.05) is 62.4 Å². The lowest BCUT2D eigenvalue weighted by Gasteiger charge is -2.14. The van der Waals surface area contributed by atoms with E-state index in [-0.39, 0.29) is 23.9 Å². The molecule has 0 aliphatic heterocycles. The minimum Gasteiger partial charge on any atom is -0.354 e. The van der Waals surface area contributed by atoms with Crippen molar-refractivity contribution in [2.45, 2.75) is 45.7 Å². The molecule has 0 saturated carbocycles. The van der Waals surface area contributed by atoms with Crippen molar-refractivity contribution in [2.75, 3.05) is 0 Å². The summed E-state index contributed by atoms with van der Waals surface area (Å²) >= 11 is 6.30. The lowest BCUT2D eigenvalue weighted by atomic mass is 10.1. The molecule has 28 heavy (non-hydrogen) atoms. The van der Waals surface area contributed by atoms with Crippen molar-refractivity contribution in [2.24, 2.45) is 0 Å². The SMILES string of the molecule is CCC(C)NC(=O)CCc1nc2ccccc2n(Cc2ccccc2Cl)c1=O. The van der Waals surface area contributed by atoms with E-state index in [4.69, 9.17) is 11.6 Å². The summed E-state index contributed by atoms with van der Waals surface area (Å²) in [5, 5.41) is 3.54. The molecule has 1 unspecified atom stereocenters. The largest absolute Gasteiger partial charge is 0.354 e. The third-order valence-corrected chi connectivity index (χ3v) is 5.18. The highest BCUT2D eigenvalue weighted by Gasteiger charge is 2.14. The maximum absolute atomic E-state index is 13.1. The molecule has 0 saturated heterocycles. The van der Waals surface area contributed by atoms with Crippen LogP contribution in [0.1, 0.15) is 37.9 Å². The van der Waals surface area contributed by atoms with Crippen LogP contribution in [0.3, 0.4) is 0 Å². The second kappa shape index (κ2) is 9.02. The van der Waals surface area contributed by atoms with Gasteiger partial charge in [0.1, 0.15) is 5.69 Å². The number of carbonyl (C=O) groups is 1. The number of hydrogen-bond acceptors (Lipinski definition) is 3. The van der Waals surface area contributed by atoms with E-state index in [0.29, 0.717) is 23.7 Å². The Balaban J connectivity index is 1.94. The molecule has 6 heteroatoms. The number of fused-ring (bicyclic) bond motifs is 1. The summed E-state index contributed by atoms with van der Waals surface area (Å²) in [5.41, 5.74) is 2.55. The molecule has 0 bridgehead atoms. The fraction of sp³-hybridized carbons (Fsp3) is 0.318. The summed E-state index contributed by atoms with van der Waals surface area (Å²) in [6.07, 6.45) is 1.40. The van der Waals surface area contributed by atoms with E-state index in [1.54, 1.807) is 4.57 Å². The predicted molar refractivity (Wildman–Crippen MR) is 113 cm³/mol. The fourth-order valence-corrected chi connectivity index (χ4v) is 3.24. The van der Waals surface area contributed by atoms with Crippen LogP contribution >= 0.6 is 11.6 Å². The lowest BCUT2D eigenvalue weighted by Crippen LogP contribution is -2.33. The first kappa shape index (κ1) is 20.1. The number of aryl methyl sites for hydroxylation is 1. The first-order valence-electron chi connectivity index (χ1n) is 9.50. The van der Waals surface area contributed by atoms with Gasteiger partial charge in [0.15, 0.2) is 0 Å². The first-order chi connectivity index (χ1) is 13.5. The Labute approximate surface area is 169 Å². The molecule has 0 spiro atoms. The zero-order valence-corrected chi connectivity index (χ0v) is 16.9. The standard InChI is InChI=1S/C22H24ClN3O2/c1-3-15(2)24-21(27)13-12-19-22(28)26(14-16-8-4-5-9-17(16)23)20-11-7-6-10-18(20)25-19/h4-11,15H,3,12-14H2,1-2H3,(H,24,27). The Morgan fingerprint density at radius 2 is 1.89 bits per heavy atom. The Kier molecular flexibility index (Phi) is 6.47. The van der Waals surface area contributed by atoms with Gasteiger partial charge in [-0.25, -0.2) is 4.98 Å². The van der Waals surface area contributed by atoms with E-state index in [9.17, 15) is 9.59 Å². The molecular weight excluding hydrogens is 374 g/mol. The molecule has 1 N–H and O–H groups in total. The van der Waals surface area contributed by atoms with Gasteiger partial charge in [-0.3, -0.25) is 9.59 Å². The van der Waals surface area contributed by atoms with Gasteiger partial charge in [0.25, 0.3) is 5.56 Å². The molecule has 1 atom stereocenters. The summed E-state index contributed by atoms with van der Waals surface area (Å²) in [7, 11) is 0. The molecule has 0 aliphatic rings. The average Bonchev–Trinajstić information content (AvgIpc) is 2.70. The number of para-hydroxylation sites is 2. The van der Waals surface area contributed by atoms with E-state index in [2.05, 4.69) is 10.3 Å². The summed E-state index contributed by atoms with van der Waals surface area (Å²) in [6, 6.07) is 15.1. The number of hydrogen-bond donors (Lipinski definition) is 1. The van der Waals surface area contributed by atoms with Crippen LogP contribution in [0.15, 0.2) is 53.3 Å². The van der Waals surface area contributed by atoms with Crippen LogP contribution in [0.2, 0.25) is 5.02 Å². The van der Waals surface area contributed by atoms with Crippen LogP contribution in [0, 0.1) is 0 Å². The molecule has 1 heterocycles. The number of halogens is 1. The molecule has 3 rings (SSSR count). The van der Waals surface area contributed by atoms with Crippen molar-refractivity contribution in [3.63, 3.8) is 0 Å². The Morgan fingerprint density at radius 3 is 2.64 bits per heavy atom. The van der Waals surface area contributed by atoms with Gasteiger partial charge < -0.3 is 9.88 Å². The van der Waals surface area contributed by atoms with Gasteiger partial charge in [0.2, 0.25) is 5.91 Å². The quantitative estimate of drug-likeness (QED) is 0.656. The van der Waals surface area contributed by atoms with E-state index < -0.39 is 0 Å². The van der Waals surface area contributed by atoms with Crippen molar-refractivity contribution in [1.82, 2.24) is 14.9 Å². The van der Waals surface area contributed by atoms with Crippen molar-refractivity contribution in [3.05, 3.63) is 75.2 Å². The lowest BCUT2D eigenvalue weighted by molar-refractivity contribution is -0.121. The monoisotopic (exact) mass is 397 g/mol. The van der Waals surface area contributed by atoms with E-state index in [0.717, 1.165) is 23.0 Å². The number of amides is 1. The van der Waals surface area contributed by atoms with Gasteiger partial charge in [0, 0.05) is 23.9 Å². The highest BCUT2D eigenvalue weighted by molar-refractivity contribution is 6.31. The second-order valence-corrected chi connectivity index (χ2v) is 7.31. The Morgan fingerprint density at radius 1 is 1.18 bits per heavy atom. The van der Waals surface area contributed by atoms with Crippen molar-refractivity contribution >= 4 is 28.5 Å². The molecule has 0 radical (unpaired) electrons. The predicted octanol–water partition coefficient (Wildman–Crippen LogP) is 3.95. The summed E-state index contributed by atoms with van der Waals surface area (Å²) in [4.78, 5) is 29.8. The molecular formula is C22H24ClN3O2. The molecule has 0 aliphatic carbocycles. The summed E-state index contributed by atoms with van der Waals surface area (Å²) in [6.45, 7) is 4.33. The van der Waals surface area contributed by atoms with Crippen LogP contribution in [-0.4, -0.2) is 21.5 Å². The molecule has 146 valence electrons. The normalized spacial score (nSPS) is 12.1. The molecule has 5 nitrogen and oxygen atoms in total. The maximum atomic E-state index is 13.1. The minimum absolute atomic E-state index is 0.0682. The topological polar surface area (TPSA) is 64.0 Å². The van der Waals surface area contributed by atoms with Gasteiger partial charge in [-0.1, -0.05) is 48.9 Å². The number of carbonyl (C=O) groups excluding carboxylic acids is 1. The number of nitrogens with zero attached hydrogens (tertiary/aromatic N) is 2. The van der Waals surface area contributed by atoms with Crippen molar-refractivity contribution in [3.8, 4) is 0 Å². The van der Waals surface area contributed by atoms with Gasteiger partial charge in [-0.05, 0) is 37.1 Å². The van der Waals surface area contributed by atoms with Gasteiger partial charge in [-0.2, -0.15) is 0 Å². The molecule has 1 amide bonds. The Bertz CT molecular complexity index is 1050. The fourth-order valence-electron chi connectivity index (χ4n) is 3.04. The van der Waals surface area contributed by atoms with E-state index in [1.165, 1.54) is 0 Å². The minimum atomic E-state index is -0.185. The maximum Gasteiger partial charge on any atom is 0.273 e. The number of nitrogens with one attached hydrogen (secondary N) is 1. The van der Waals surface area contributed by atoms with E-state index >= 15 is 0 Å².